The summed E-state index contributed by atoms with van der Waals surface area (Å²) < 4.78 is 0. The molecule has 9 heteroatoms. The molecule has 2 atom stereocenters. The topological polar surface area (TPSA) is 103 Å². The summed E-state index contributed by atoms with van der Waals surface area (Å²) in [6.45, 7) is 1.47. The Balaban J connectivity index is 0.000000541. The van der Waals surface area contributed by atoms with Crippen molar-refractivity contribution in [2.24, 2.45) is 0 Å². The zero-order chi connectivity index (χ0) is 23.5. The van der Waals surface area contributed by atoms with Crippen molar-refractivity contribution in [3.8, 4) is 0 Å². The molecule has 1 aliphatic rings. The van der Waals surface area contributed by atoms with Crippen LogP contribution >= 0.6 is 22.7 Å². The van der Waals surface area contributed by atoms with E-state index < -0.39 is 24.0 Å². The van der Waals surface area contributed by atoms with E-state index >= 15 is 0 Å². The van der Waals surface area contributed by atoms with Gasteiger partial charge in [0.05, 0.1) is 5.51 Å². The van der Waals surface area contributed by atoms with E-state index in [9.17, 15) is 19.8 Å². The lowest BCUT2D eigenvalue weighted by atomic mass is 10.1. The summed E-state index contributed by atoms with van der Waals surface area (Å²) in [7, 11) is 0. The van der Waals surface area contributed by atoms with Crippen LogP contribution in [0.15, 0.2) is 58.9 Å². The summed E-state index contributed by atoms with van der Waals surface area (Å²) in [4.78, 5) is 30.5. The van der Waals surface area contributed by atoms with E-state index in [2.05, 4.69) is 33.9 Å². The van der Waals surface area contributed by atoms with E-state index in [0.29, 0.717) is 26.1 Å². The predicted molar refractivity (Wildman–Crippen MR) is 130 cm³/mol. The predicted octanol–water partition coefficient (Wildman–Crippen LogP) is 2.48. The highest BCUT2D eigenvalue weighted by molar-refractivity contribution is 7.10. The average molecular weight is 488 g/mol. The molecular formula is C24H29N3O4S2. The van der Waals surface area contributed by atoms with Gasteiger partial charge < -0.3 is 20.4 Å². The van der Waals surface area contributed by atoms with Crippen LogP contribution in [0.2, 0.25) is 0 Å². The molecule has 1 aliphatic heterocycles. The van der Waals surface area contributed by atoms with E-state index in [4.69, 9.17) is 0 Å². The fourth-order valence-electron chi connectivity index (χ4n) is 3.47. The molecule has 0 bridgehead atoms. The Morgan fingerprint density at radius 1 is 1.09 bits per heavy atom. The van der Waals surface area contributed by atoms with Crippen molar-refractivity contribution < 1.29 is 19.8 Å². The molecule has 3 aromatic rings. The Kier molecular flexibility index (Phi) is 10.0. The van der Waals surface area contributed by atoms with Crippen molar-refractivity contribution in [2.45, 2.75) is 37.9 Å². The van der Waals surface area contributed by atoms with Gasteiger partial charge in [-0.1, -0.05) is 30.3 Å². The first-order valence-corrected chi connectivity index (χ1v) is 12.7. The molecule has 2 aromatic heterocycles. The average Bonchev–Trinajstić information content (AvgIpc) is 3.63. The number of likely N-dealkylation sites (tertiary alicyclic amines) is 1. The molecule has 7 nitrogen and oxygen atoms in total. The highest BCUT2D eigenvalue weighted by Gasteiger charge is 2.34. The number of carbonyl (C=O) groups is 2. The number of thiazole rings is 1. The van der Waals surface area contributed by atoms with Crippen LogP contribution in [0.3, 0.4) is 0 Å². The maximum Gasteiger partial charge on any atom is 0.254 e. The molecule has 2 unspecified atom stereocenters. The van der Waals surface area contributed by atoms with Crippen molar-refractivity contribution >= 4 is 34.5 Å². The molecule has 0 spiro atoms. The first kappa shape index (κ1) is 25.0. The Morgan fingerprint density at radius 3 is 2.48 bits per heavy atom. The number of benzene rings is 1. The molecule has 2 amide bonds. The molecule has 0 radical (unpaired) electrons. The van der Waals surface area contributed by atoms with Gasteiger partial charge in [-0.2, -0.15) is 0 Å². The molecule has 3 heterocycles. The molecule has 3 N–H and O–H groups in total. The minimum atomic E-state index is -1.75. The third-order valence-electron chi connectivity index (χ3n) is 5.22. The second-order valence-corrected chi connectivity index (χ2v) is 9.47. The van der Waals surface area contributed by atoms with Crippen molar-refractivity contribution in [2.75, 3.05) is 19.6 Å². The van der Waals surface area contributed by atoms with Gasteiger partial charge in [0, 0.05) is 36.1 Å². The van der Waals surface area contributed by atoms with Gasteiger partial charge in [-0.05, 0) is 48.3 Å². The number of hydrogen-bond donors (Lipinski definition) is 3. The van der Waals surface area contributed by atoms with Crippen LogP contribution in [0.25, 0.3) is 0 Å². The molecule has 33 heavy (non-hydrogen) atoms. The smallest absolute Gasteiger partial charge is 0.254 e. The number of aromatic nitrogens is 1. The third-order valence-corrected chi connectivity index (χ3v) is 6.78. The van der Waals surface area contributed by atoms with E-state index in [1.165, 1.54) is 16.0 Å². The van der Waals surface area contributed by atoms with Crippen LogP contribution in [0.4, 0.5) is 0 Å². The molecule has 1 aromatic carbocycles. The summed E-state index contributed by atoms with van der Waals surface area (Å²) in [6.07, 6.45) is 1.58. The number of amides is 2. The Bertz CT molecular complexity index is 956. The molecular weight excluding hydrogens is 458 g/mol. The first-order valence-electron chi connectivity index (χ1n) is 10.9. The fourth-order valence-corrected chi connectivity index (χ4v) is 4.72. The van der Waals surface area contributed by atoms with Gasteiger partial charge in [0.2, 0.25) is 0 Å². The molecule has 0 aliphatic carbocycles. The summed E-state index contributed by atoms with van der Waals surface area (Å²) >= 11 is 3.23. The lowest BCUT2D eigenvalue weighted by Gasteiger charge is -2.22. The summed E-state index contributed by atoms with van der Waals surface area (Å²) in [6, 6.07) is 12.3. The maximum atomic E-state index is 12.1. The quantitative estimate of drug-likeness (QED) is 0.453. The van der Waals surface area contributed by atoms with E-state index in [0.717, 1.165) is 24.1 Å². The Morgan fingerprint density at radius 2 is 1.85 bits per heavy atom. The highest BCUT2D eigenvalue weighted by atomic mass is 32.1. The molecule has 1 fully saturated rings. The van der Waals surface area contributed by atoms with Crippen LogP contribution in [0, 0.1) is 0 Å². The zero-order valence-electron chi connectivity index (χ0n) is 18.3. The number of carbonyl (C=O) groups excluding carboxylic acids is 2. The van der Waals surface area contributed by atoms with Gasteiger partial charge in [-0.25, -0.2) is 0 Å². The molecule has 1 saturated heterocycles. The SMILES string of the molecule is O=C(NCCc1cc(Cc2ccccc2)cs1)C(O)C(O)C(=O)N1CCCC1.c1cscn1. The van der Waals surface area contributed by atoms with Crippen molar-refractivity contribution in [3.63, 3.8) is 0 Å². The molecule has 4 rings (SSSR count). The summed E-state index contributed by atoms with van der Waals surface area (Å²) in [5.41, 5.74) is 4.27. The molecule has 0 saturated carbocycles. The van der Waals surface area contributed by atoms with Crippen molar-refractivity contribution in [3.05, 3.63) is 74.9 Å². The van der Waals surface area contributed by atoms with Gasteiger partial charge in [0.1, 0.15) is 0 Å². The summed E-state index contributed by atoms with van der Waals surface area (Å²) in [5.74, 6) is -1.30. The Hall–Kier alpha value is -2.59. The number of hydrogen-bond acceptors (Lipinski definition) is 7. The number of rotatable bonds is 8. The molecule has 176 valence electrons. The number of aliphatic hydroxyl groups is 2. The normalized spacial score (nSPS) is 14.8. The van der Waals surface area contributed by atoms with Crippen LogP contribution in [-0.2, 0) is 22.4 Å². The third kappa shape index (κ3) is 8.04. The monoisotopic (exact) mass is 487 g/mol. The fraction of sp³-hybridized carbons (Fsp3) is 0.375. The highest BCUT2D eigenvalue weighted by Crippen LogP contribution is 2.18. The largest absolute Gasteiger partial charge is 0.380 e. The maximum absolute atomic E-state index is 12.1. The van der Waals surface area contributed by atoms with Gasteiger partial charge in [0.25, 0.3) is 11.8 Å². The van der Waals surface area contributed by atoms with Crippen LogP contribution in [0.1, 0.15) is 28.8 Å². The van der Waals surface area contributed by atoms with Crippen LogP contribution < -0.4 is 5.32 Å². The van der Waals surface area contributed by atoms with Gasteiger partial charge >= 0.3 is 0 Å². The minimum Gasteiger partial charge on any atom is -0.380 e. The minimum absolute atomic E-state index is 0.339. The zero-order valence-corrected chi connectivity index (χ0v) is 19.9. The number of nitrogens with zero attached hydrogens (tertiary/aromatic N) is 2. The van der Waals surface area contributed by atoms with Crippen LogP contribution in [-0.4, -0.2) is 63.8 Å². The first-order chi connectivity index (χ1) is 16.0. The second kappa shape index (κ2) is 13.2. The summed E-state index contributed by atoms with van der Waals surface area (Å²) in [5, 5.41) is 26.6. The van der Waals surface area contributed by atoms with E-state index in [1.54, 1.807) is 34.4 Å². The van der Waals surface area contributed by atoms with E-state index in [-0.39, 0.29) is 0 Å². The Labute approximate surface area is 201 Å². The number of aliphatic hydroxyl groups excluding tert-OH is 2. The number of thiophene rings is 1. The number of nitrogens with one attached hydrogen (secondary N) is 1. The lowest BCUT2D eigenvalue weighted by Crippen LogP contribution is -2.50. The van der Waals surface area contributed by atoms with Crippen molar-refractivity contribution in [1.82, 2.24) is 15.2 Å². The second-order valence-electron chi connectivity index (χ2n) is 7.72. The van der Waals surface area contributed by atoms with E-state index in [1.807, 2.05) is 23.6 Å². The van der Waals surface area contributed by atoms with Gasteiger partial charge in [-0.15, -0.1) is 22.7 Å². The lowest BCUT2D eigenvalue weighted by molar-refractivity contribution is -0.152. The standard InChI is InChI=1S/C21H26N2O4S.C3H3NS/c24-18(19(25)21(27)23-10-4-5-11-23)20(26)22-9-8-17-13-16(14-28-17)12-15-6-2-1-3-7-15;1-2-5-3-4-1/h1-3,6-7,13-14,18-19,24-25H,4-5,8-12H2,(H,22,26);1-3H. The van der Waals surface area contributed by atoms with Gasteiger partial charge in [0.15, 0.2) is 12.2 Å². The van der Waals surface area contributed by atoms with Crippen LogP contribution in [0.5, 0.6) is 0 Å². The van der Waals surface area contributed by atoms with Gasteiger partial charge in [-0.3, -0.25) is 14.6 Å². The van der Waals surface area contributed by atoms with Crippen molar-refractivity contribution in [1.29, 1.82) is 0 Å².